The van der Waals surface area contributed by atoms with Gasteiger partial charge in [-0.15, -0.1) is 0 Å². The molecule has 0 saturated heterocycles. The van der Waals surface area contributed by atoms with Crippen LogP contribution in [0.3, 0.4) is 0 Å². The molecular weight excluding hydrogens is 671 g/mol. The monoisotopic (exact) mass is 701 g/mol. The minimum absolute atomic E-state index is 0.617. The van der Waals surface area contributed by atoms with E-state index in [1.165, 1.54) is 16.5 Å². The first-order valence-corrected chi connectivity index (χ1v) is 18.5. The molecule has 0 saturated carbocycles. The number of rotatable bonds is 5. The Morgan fingerprint density at radius 2 is 0.818 bits per heavy atom. The first-order valence-electron chi connectivity index (χ1n) is 18.5. The second-order valence-corrected chi connectivity index (χ2v) is 14.1. The first-order chi connectivity index (χ1) is 27.2. The van der Waals surface area contributed by atoms with E-state index in [9.17, 15) is 0 Å². The number of fused-ring (bicyclic) bond motifs is 6. The molecule has 4 nitrogen and oxygen atoms in total. The normalized spacial score (nSPS) is 11.6. The van der Waals surface area contributed by atoms with Crippen molar-refractivity contribution in [2.75, 3.05) is 0 Å². The summed E-state index contributed by atoms with van der Waals surface area (Å²) in [5.41, 5.74) is 9.18. The van der Waals surface area contributed by atoms with Crippen LogP contribution in [0.25, 0.3) is 111 Å². The van der Waals surface area contributed by atoms with Gasteiger partial charge in [-0.2, -0.15) is 0 Å². The predicted octanol–water partition coefficient (Wildman–Crippen LogP) is 13.6. The van der Waals surface area contributed by atoms with Crippen LogP contribution in [-0.2, 0) is 0 Å². The Bertz CT molecular complexity index is 3260. The van der Waals surface area contributed by atoms with E-state index in [-0.39, 0.29) is 0 Å². The van der Waals surface area contributed by atoms with Crippen molar-refractivity contribution in [2.24, 2.45) is 0 Å². The predicted molar refractivity (Wildman–Crippen MR) is 227 cm³/mol. The molecule has 0 fully saturated rings. The lowest BCUT2D eigenvalue weighted by atomic mass is 9.95. The van der Waals surface area contributed by atoms with Gasteiger partial charge in [-0.05, 0) is 103 Å². The van der Waals surface area contributed by atoms with Crippen molar-refractivity contribution < 1.29 is 4.42 Å². The summed E-state index contributed by atoms with van der Waals surface area (Å²) in [5, 5.41) is 8.98. The van der Waals surface area contributed by atoms with Gasteiger partial charge in [0.2, 0.25) is 0 Å². The van der Waals surface area contributed by atoms with Crippen LogP contribution in [0.1, 0.15) is 0 Å². The quantitative estimate of drug-likeness (QED) is 0.179. The molecule has 2 aromatic heterocycles. The third kappa shape index (κ3) is 5.51. The molecule has 0 aliphatic carbocycles. The van der Waals surface area contributed by atoms with Crippen LogP contribution in [0.2, 0.25) is 0 Å². The van der Waals surface area contributed by atoms with Gasteiger partial charge in [0.15, 0.2) is 17.5 Å². The molecule has 0 aliphatic heterocycles. The molecule has 11 rings (SSSR count). The fourth-order valence-corrected chi connectivity index (χ4v) is 7.86. The summed E-state index contributed by atoms with van der Waals surface area (Å²) in [7, 11) is 0. The van der Waals surface area contributed by atoms with Crippen LogP contribution in [0.4, 0.5) is 0 Å². The molecule has 9 aromatic carbocycles. The van der Waals surface area contributed by atoms with E-state index >= 15 is 0 Å². The molecule has 11 aromatic rings. The molecule has 2 heterocycles. The second kappa shape index (κ2) is 12.6. The zero-order valence-corrected chi connectivity index (χ0v) is 29.6. The van der Waals surface area contributed by atoms with Gasteiger partial charge >= 0.3 is 0 Å². The van der Waals surface area contributed by atoms with Crippen LogP contribution in [0.15, 0.2) is 192 Å². The summed E-state index contributed by atoms with van der Waals surface area (Å²) in [6.45, 7) is 0. The van der Waals surface area contributed by atoms with E-state index < -0.39 is 0 Å². The Morgan fingerprint density at radius 1 is 0.273 bits per heavy atom. The van der Waals surface area contributed by atoms with Gasteiger partial charge in [-0.25, -0.2) is 15.0 Å². The van der Waals surface area contributed by atoms with Gasteiger partial charge in [-0.1, -0.05) is 140 Å². The van der Waals surface area contributed by atoms with Gasteiger partial charge in [0.1, 0.15) is 11.2 Å². The highest BCUT2D eigenvalue weighted by Crippen LogP contribution is 2.37. The number of benzene rings is 9. The highest BCUT2D eigenvalue weighted by Gasteiger charge is 2.17. The number of furan rings is 1. The molecule has 0 spiro atoms. The first kappa shape index (κ1) is 31.1. The maximum absolute atomic E-state index is 6.21. The third-order valence-electron chi connectivity index (χ3n) is 10.6. The number of para-hydroxylation sites is 1. The zero-order valence-electron chi connectivity index (χ0n) is 29.6. The van der Waals surface area contributed by atoms with Crippen LogP contribution in [-0.4, -0.2) is 15.0 Å². The van der Waals surface area contributed by atoms with Crippen LogP contribution >= 0.6 is 0 Å². The van der Waals surface area contributed by atoms with Gasteiger partial charge in [-0.3, -0.25) is 0 Å². The Kier molecular flexibility index (Phi) is 7.14. The smallest absolute Gasteiger partial charge is 0.164 e. The van der Waals surface area contributed by atoms with E-state index in [0.717, 1.165) is 76.7 Å². The second-order valence-electron chi connectivity index (χ2n) is 14.1. The number of hydrogen-bond donors (Lipinski definition) is 0. The molecule has 0 N–H and O–H groups in total. The Labute approximate surface area is 317 Å². The molecular formula is C51H31N3O. The number of nitrogens with zero attached hydrogens (tertiary/aromatic N) is 3. The number of hydrogen-bond acceptors (Lipinski definition) is 4. The van der Waals surface area contributed by atoms with E-state index in [1.807, 2.05) is 18.2 Å². The van der Waals surface area contributed by atoms with E-state index in [2.05, 4.69) is 170 Å². The SMILES string of the molecule is c1ccc(-c2ccc3ccc(-c4nc(-c5ccc6cc7oc8ccccc8c7cc6c5)nc(-c5cc(-c6ccccc6)c6ccccc6c5)n4)cc3c2)cc1. The molecule has 0 radical (unpaired) electrons. The van der Waals surface area contributed by atoms with Crippen molar-refractivity contribution in [2.45, 2.75) is 0 Å². The number of aromatic nitrogens is 3. The van der Waals surface area contributed by atoms with Crippen LogP contribution in [0.5, 0.6) is 0 Å². The average molecular weight is 702 g/mol. The molecule has 55 heavy (non-hydrogen) atoms. The highest BCUT2D eigenvalue weighted by atomic mass is 16.3. The Morgan fingerprint density at radius 3 is 1.56 bits per heavy atom. The molecule has 0 aliphatic rings. The minimum atomic E-state index is 0.617. The lowest BCUT2D eigenvalue weighted by Gasteiger charge is -2.13. The van der Waals surface area contributed by atoms with Crippen molar-refractivity contribution >= 4 is 54.3 Å². The average Bonchev–Trinajstić information content (AvgIpc) is 3.62. The van der Waals surface area contributed by atoms with Crippen LogP contribution in [0, 0.1) is 0 Å². The zero-order chi connectivity index (χ0) is 36.3. The van der Waals surface area contributed by atoms with Gasteiger partial charge in [0.05, 0.1) is 0 Å². The lowest BCUT2D eigenvalue weighted by Crippen LogP contribution is -2.00. The summed E-state index contributed by atoms with van der Waals surface area (Å²) < 4.78 is 6.21. The molecule has 0 atom stereocenters. The summed E-state index contributed by atoms with van der Waals surface area (Å²) >= 11 is 0. The topological polar surface area (TPSA) is 51.8 Å². The summed E-state index contributed by atoms with van der Waals surface area (Å²) in [6.07, 6.45) is 0. The van der Waals surface area contributed by atoms with Gasteiger partial charge in [0.25, 0.3) is 0 Å². The molecule has 4 heteroatoms. The minimum Gasteiger partial charge on any atom is -0.456 e. The fourth-order valence-electron chi connectivity index (χ4n) is 7.86. The van der Waals surface area contributed by atoms with Crippen molar-refractivity contribution in [3.63, 3.8) is 0 Å². The summed E-state index contributed by atoms with van der Waals surface area (Å²) in [6, 6.07) is 66.0. The van der Waals surface area contributed by atoms with Crippen molar-refractivity contribution in [1.29, 1.82) is 0 Å². The lowest BCUT2D eigenvalue weighted by molar-refractivity contribution is 0.669. The van der Waals surface area contributed by atoms with E-state index in [0.29, 0.717) is 17.5 Å². The molecule has 256 valence electrons. The van der Waals surface area contributed by atoms with Crippen molar-refractivity contribution in [3.05, 3.63) is 188 Å². The summed E-state index contributed by atoms with van der Waals surface area (Å²) in [4.78, 5) is 15.6. The van der Waals surface area contributed by atoms with E-state index in [4.69, 9.17) is 19.4 Å². The maximum atomic E-state index is 6.21. The van der Waals surface area contributed by atoms with Gasteiger partial charge < -0.3 is 4.42 Å². The van der Waals surface area contributed by atoms with Crippen LogP contribution < -0.4 is 0 Å². The molecule has 0 bridgehead atoms. The third-order valence-corrected chi connectivity index (χ3v) is 10.6. The van der Waals surface area contributed by atoms with Crippen molar-refractivity contribution in [3.8, 4) is 56.4 Å². The fraction of sp³-hybridized carbons (Fsp3) is 0. The standard InChI is InChI=1S/C51H31N3O/c1-3-11-32(12-4-1)35-21-19-33-20-23-38(27-40(33)25-35)49-52-50(39-24-22-36-31-48-46(29-41(36)28-39)44-17-9-10-18-47(44)55-48)54-51(53-49)42-26-37-15-7-8-16-43(37)45(30-42)34-13-5-2-6-14-34/h1-31H. The Balaban J connectivity index is 1.12. The molecule has 0 unspecified atom stereocenters. The van der Waals surface area contributed by atoms with Gasteiger partial charge in [0, 0.05) is 27.5 Å². The molecule has 0 amide bonds. The maximum Gasteiger partial charge on any atom is 0.164 e. The van der Waals surface area contributed by atoms with E-state index in [1.54, 1.807) is 0 Å². The van der Waals surface area contributed by atoms with Crippen molar-refractivity contribution in [1.82, 2.24) is 15.0 Å². The summed E-state index contributed by atoms with van der Waals surface area (Å²) in [5.74, 6) is 1.86. The largest absolute Gasteiger partial charge is 0.456 e. The highest BCUT2D eigenvalue weighted by molar-refractivity contribution is 6.10. The Hall–Kier alpha value is -7.43.